The van der Waals surface area contributed by atoms with Gasteiger partial charge in [-0.25, -0.2) is 13.8 Å². The Hall–Kier alpha value is -1.75. The number of hydrogen-bond donors (Lipinski definition) is 1. The molecule has 1 N–H and O–H groups in total. The first-order chi connectivity index (χ1) is 8.06. The quantitative estimate of drug-likeness (QED) is 0.835. The van der Waals surface area contributed by atoms with Crippen molar-refractivity contribution in [2.75, 3.05) is 5.32 Å². The Morgan fingerprint density at radius 3 is 2.76 bits per heavy atom. The topological polar surface area (TPSA) is 37.8 Å². The fourth-order valence-corrected chi connectivity index (χ4v) is 1.43. The molecule has 2 aromatic rings. The van der Waals surface area contributed by atoms with Crippen LogP contribution in [0.2, 0.25) is 5.28 Å². The first kappa shape index (κ1) is 11.7. The van der Waals surface area contributed by atoms with Gasteiger partial charge in [0.25, 0.3) is 0 Å². The number of aromatic nitrogens is 2. The van der Waals surface area contributed by atoms with E-state index < -0.39 is 11.6 Å². The molecule has 1 aromatic heterocycles. The predicted molar refractivity (Wildman–Crippen MR) is 61.4 cm³/mol. The molecule has 1 heterocycles. The van der Waals surface area contributed by atoms with Crippen molar-refractivity contribution >= 4 is 23.1 Å². The minimum Gasteiger partial charge on any atom is -0.335 e. The van der Waals surface area contributed by atoms with Crippen molar-refractivity contribution < 1.29 is 8.78 Å². The minimum atomic E-state index is -0.699. The van der Waals surface area contributed by atoms with Crippen LogP contribution in [0.1, 0.15) is 5.56 Å². The van der Waals surface area contributed by atoms with E-state index in [9.17, 15) is 8.78 Å². The molecule has 0 aliphatic heterocycles. The first-order valence-corrected chi connectivity index (χ1v) is 5.15. The number of aryl methyl sites for hydroxylation is 1. The molecule has 0 radical (unpaired) electrons. The zero-order chi connectivity index (χ0) is 12.4. The summed E-state index contributed by atoms with van der Waals surface area (Å²) in [6, 6.07) is 4.45. The Kier molecular flexibility index (Phi) is 3.19. The predicted octanol–water partition coefficient (Wildman–Crippen LogP) is 3.46. The van der Waals surface area contributed by atoms with Crippen LogP contribution in [0, 0.1) is 18.6 Å². The van der Waals surface area contributed by atoms with Crippen molar-refractivity contribution in [3.8, 4) is 0 Å². The number of anilines is 2. The highest BCUT2D eigenvalue weighted by molar-refractivity contribution is 6.28. The third-order valence-electron chi connectivity index (χ3n) is 2.09. The highest BCUT2D eigenvalue weighted by atomic mass is 35.5. The van der Waals surface area contributed by atoms with Gasteiger partial charge < -0.3 is 5.32 Å². The van der Waals surface area contributed by atoms with E-state index >= 15 is 0 Å². The fraction of sp³-hybridized carbons (Fsp3) is 0.0909. The molecule has 0 spiro atoms. The molecule has 2 rings (SSSR count). The summed E-state index contributed by atoms with van der Waals surface area (Å²) >= 11 is 5.53. The molecular formula is C11H8ClF2N3. The van der Waals surface area contributed by atoms with Crippen LogP contribution in [0.15, 0.2) is 24.4 Å². The number of hydrogen-bond acceptors (Lipinski definition) is 3. The molecule has 0 aliphatic carbocycles. The van der Waals surface area contributed by atoms with Crippen LogP contribution >= 0.6 is 11.6 Å². The number of halogens is 3. The first-order valence-electron chi connectivity index (χ1n) is 4.77. The summed E-state index contributed by atoms with van der Waals surface area (Å²) in [5, 5.41) is 2.43. The summed E-state index contributed by atoms with van der Waals surface area (Å²) in [5.41, 5.74) is 0.980. The average Bonchev–Trinajstić information content (AvgIpc) is 2.28. The number of benzene rings is 1. The summed E-state index contributed by atoms with van der Waals surface area (Å²) < 4.78 is 26.7. The van der Waals surface area contributed by atoms with Crippen molar-refractivity contribution in [3.63, 3.8) is 0 Å². The van der Waals surface area contributed by atoms with Crippen LogP contribution in [0.5, 0.6) is 0 Å². The molecule has 0 aliphatic rings. The second kappa shape index (κ2) is 4.63. The summed E-state index contributed by atoms with van der Waals surface area (Å²) in [6.45, 7) is 1.80. The molecule has 0 amide bonds. The zero-order valence-corrected chi connectivity index (χ0v) is 9.59. The Bertz CT molecular complexity index is 511. The van der Waals surface area contributed by atoms with Crippen molar-refractivity contribution in [1.29, 1.82) is 0 Å². The Morgan fingerprint density at radius 2 is 2.00 bits per heavy atom. The largest absolute Gasteiger partial charge is 0.335 e. The third-order valence-corrected chi connectivity index (χ3v) is 2.27. The Labute approximate surface area is 101 Å². The van der Waals surface area contributed by atoms with Crippen LogP contribution < -0.4 is 5.32 Å². The van der Waals surface area contributed by atoms with Crippen LogP contribution in [-0.2, 0) is 0 Å². The maximum atomic E-state index is 13.4. The van der Waals surface area contributed by atoms with Gasteiger partial charge in [-0.2, -0.15) is 4.98 Å². The van der Waals surface area contributed by atoms with E-state index in [1.165, 1.54) is 6.07 Å². The maximum Gasteiger partial charge on any atom is 0.224 e. The van der Waals surface area contributed by atoms with Crippen LogP contribution in [0.4, 0.5) is 20.3 Å². The molecule has 6 heteroatoms. The molecule has 88 valence electrons. The normalized spacial score (nSPS) is 10.4. The highest BCUT2D eigenvalue weighted by Gasteiger charge is 2.09. The third kappa shape index (κ3) is 2.68. The smallest absolute Gasteiger partial charge is 0.224 e. The van der Waals surface area contributed by atoms with Gasteiger partial charge in [-0.05, 0) is 36.2 Å². The van der Waals surface area contributed by atoms with Crippen LogP contribution in [0.3, 0.4) is 0 Å². The van der Waals surface area contributed by atoms with Gasteiger partial charge in [-0.1, -0.05) is 6.07 Å². The molecule has 0 unspecified atom stereocenters. The molecule has 0 fully saturated rings. The molecule has 0 bridgehead atoms. The van der Waals surface area contributed by atoms with E-state index in [4.69, 9.17) is 11.6 Å². The van der Waals surface area contributed by atoms with E-state index in [0.717, 1.165) is 11.8 Å². The summed E-state index contributed by atoms with van der Waals surface area (Å²) in [5.74, 6) is -1.35. The second-order valence-electron chi connectivity index (χ2n) is 3.44. The average molecular weight is 256 g/mol. The summed E-state index contributed by atoms with van der Waals surface area (Å²) in [6.07, 6.45) is 0.922. The number of nitrogens with one attached hydrogen (secondary N) is 1. The fourth-order valence-electron chi connectivity index (χ4n) is 1.30. The molecular weight excluding hydrogens is 248 g/mol. The standard InChI is InChI=1S/C11H8ClF2N3/c1-6-2-3-7(13)9(4-6)16-10-8(14)5-15-11(12)17-10/h2-5H,1H3,(H,15,16,17). The lowest BCUT2D eigenvalue weighted by Crippen LogP contribution is -2.00. The molecule has 0 saturated carbocycles. The van der Waals surface area contributed by atoms with Gasteiger partial charge in [0.2, 0.25) is 5.28 Å². The van der Waals surface area contributed by atoms with Crippen molar-refractivity contribution in [2.24, 2.45) is 0 Å². The summed E-state index contributed by atoms with van der Waals surface area (Å²) in [4.78, 5) is 7.11. The summed E-state index contributed by atoms with van der Waals surface area (Å²) in [7, 11) is 0. The maximum absolute atomic E-state index is 13.4. The SMILES string of the molecule is Cc1ccc(F)c(Nc2nc(Cl)ncc2F)c1. The lowest BCUT2D eigenvalue weighted by Gasteiger charge is -2.08. The lowest BCUT2D eigenvalue weighted by atomic mass is 10.2. The van der Waals surface area contributed by atoms with Gasteiger partial charge in [-0.3, -0.25) is 0 Å². The van der Waals surface area contributed by atoms with Gasteiger partial charge in [-0.15, -0.1) is 0 Å². The number of nitrogens with zero attached hydrogens (tertiary/aromatic N) is 2. The highest BCUT2D eigenvalue weighted by Crippen LogP contribution is 2.22. The van der Waals surface area contributed by atoms with Gasteiger partial charge >= 0.3 is 0 Å². The van der Waals surface area contributed by atoms with Gasteiger partial charge in [0.15, 0.2) is 11.6 Å². The van der Waals surface area contributed by atoms with Crippen molar-refractivity contribution in [3.05, 3.63) is 46.9 Å². The monoisotopic (exact) mass is 255 g/mol. The van der Waals surface area contributed by atoms with Crippen LogP contribution in [0.25, 0.3) is 0 Å². The molecule has 17 heavy (non-hydrogen) atoms. The Morgan fingerprint density at radius 1 is 1.24 bits per heavy atom. The van der Waals surface area contributed by atoms with E-state index in [2.05, 4.69) is 15.3 Å². The van der Waals surface area contributed by atoms with Crippen molar-refractivity contribution in [2.45, 2.75) is 6.92 Å². The molecule has 0 atom stereocenters. The zero-order valence-electron chi connectivity index (χ0n) is 8.84. The number of rotatable bonds is 2. The minimum absolute atomic E-state index is 0.109. The lowest BCUT2D eigenvalue weighted by molar-refractivity contribution is 0.615. The van der Waals surface area contributed by atoms with E-state index in [1.54, 1.807) is 19.1 Å². The van der Waals surface area contributed by atoms with E-state index in [1.807, 2.05) is 0 Å². The van der Waals surface area contributed by atoms with Gasteiger partial charge in [0.05, 0.1) is 11.9 Å². The second-order valence-corrected chi connectivity index (χ2v) is 3.78. The van der Waals surface area contributed by atoms with E-state index in [-0.39, 0.29) is 16.8 Å². The molecule has 1 aromatic carbocycles. The van der Waals surface area contributed by atoms with Crippen LogP contribution in [-0.4, -0.2) is 9.97 Å². The molecule has 0 saturated heterocycles. The van der Waals surface area contributed by atoms with E-state index in [0.29, 0.717) is 0 Å². The molecule has 3 nitrogen and oxygen atoms in total. The Balaban J connectivity index is 2.37. The van der Waals surface area contributed by atoms with Gasteiger partial charge in [0.1, 0.15) is 5.82 Å². The van der Waals surface area contributed by atoms with Crippen molar-refractivity contribution in [1.82, 2.24) is 9.97 Å². The van der Waals surface area contributed by atoms with Gasteiger partial charge in [0, 0.05) is 0 Å².